The molecule has 0 spiro atoms. The lowest BCUT2D eigenvalue weighted by Gasteiger charge is -2.10. The van der Waals surface area contributed by atoms with Gasteiger partial charge in [-0.1, -0.05) is 36.4 Å². The Balaban J connectivity index is 1.91. The van der Waals surface area contributed by atoms with Gasteiger partial charge in [-0.2, -0.15) is 13.8 Å². The van der Waals surface area contributed by atoms with E-state index in [0.29, 0.717) is 28.3 Å². The Morgan fingerprint density at radius 3 is 2.15 bits per heavy atom. The van der Waals surface area contributed by atoms with E-state index in [4.69, 9.17) is 0 Å². The number of nitrogens with one attached hydrogen (secondary N) is 1. The van der Waals surface area contributed by atoms with Crippen LogP contribution in [0.4, 0.5) is 14.6 Å². The third kappa shape index (κ3) is 2.97. The number of nitrogens with zero attached hydrogens (tertiary/aromatic N) is 3. The summed E-state index contributed by atoms with van der Waals surface area (Å²) in [5, 5.41) is 3.90. The molecule has 1 N–H and O–H groups in total. The number of hydrogen-bond acceptors (Lipinski definition) is 4. The van der Waals surface area contributed by atoms with Crippen LogP contribution in [0.3, 0.4) is 0 Å². The number of benzene rings is 2. The molecule has 4 aromatic rings. The molecule has 0 atom stereocenters. The summed E-state index contributed by atoms with van der Waals surface area (Å²) in [6.45, 7) is 0. The fourth-order valence-electron chi connectivity index (χ4n) is 2.85. The zero-order valence-electron chi connectivity index (χ0n) is 13.9. The van der Waals surface area contributed by atoms with Crippen LogP contribution in [0.15, 0.2) is 60.7 Å². The lowest BCUT2D eigenvalue weighted by molar-refractivity contribution is 0.513. The fourth-order valence-corrected chi connectivity index (χ4v) is 2.85. The van der Waals surface area contributed by atoms with Gasteiger partial charge in [-0.25, -0.2) is 9.97 Å². The number of halogens is 2. The molecule has 26 heavy (non-hydrogen) atoms. The fraction of sp³-hybridized carbons (Fsp3) is 0.0500. The molecule has 0 amide bonds. The minimum absolute atomic E-state index is 0.405. The van der Waals surface area contributed by atoms with Crippen molar-refractivity contribution in [2.75, 3.05) is 12.4 Å². The summed E-state index contributed by atoms with van der Waals surface area (Å²) in [7, 11) is 1.79. The molecular weight excluding hydrogens is 334 g/mol. The SMILES string of the molecule is CNc1nc(-c2ccccc2)nc2cc(-c3cc(F)nc(F)c3)ccc12. The monoisotopic (exact) mass is 348 g/mol. The maximum atomic E-state index is 13.4. The van der Waals surface area contributed by atoms with E-state index in [1.807, 2.05) is 36.4 Å². The van der Waals surface area contributed by atoms with Crippen LogP contribution in [0.25, 0.3) is 33.4 Å². The molecule has 0 saturated carbocycles. The number of aromatic nitrogens is 3. The van der Waals surface area contributed by atoms with Gasteiger partial charge in [0, 0.05) is 30.1 Å². The molecule has 6 heteroatoms. The summed E-state index contributed by atoms with van der Waals surface area (Å²) in [4.78, 5) is 12.3. The number of pyridine rings is 1. The molecular formula is C20H14F2N4. The maximum absolute atomic E-state index is 13.4. The van der Waals surface area contributed by atoms with Crippen molar-refractivity contribution < 1.29 is 8.78 Å². The van der Waals surface area contributed by atoms with Gasteiger partial charge < -0.3 is 5.32 Å². The summed E-state index contributed by atoms with van der Waals surface area (Å²) < 4.78 is 26.9. The quantitative estimate of drug-likeness (QED) is 0.546. The van der Waals surface area contributed by atoms with Gasteiger partial charge in [0.2, 0.25) is 11.9 Å². The van der Waals surface area contributed by atoms with E-state index < -0.39 is 11.9 Å². The number of anilines is 1. The highest BCUT2D eigenvalue weighted by molar-refractivity contribution is 5.93. The minimum atomic E-state index is -0.858. The number of rotatable bonds is 3. The van der Waals surface area contributed by atoms with E-state index in [2.05, 4.69) is 20.3 Å². The van der Waals surface area contributed by atoms with Crippen molar-refractivity contribution in [3.8, 4) is 22.5 Å². The van der Waals surface area contributed by atoms with Crippen molar-refractivity contribution in [3.63, 3.8) is 0 Å². The first kappa shape index (κ1) is 16.1. The molecule has 0 fully saturated rings. The third-order valence-electron chi connectivity index (χ3n) is 4.06. The standard InChI is InChI=1S/C20H14F2N4/c1-23-20-15-8-7-13(14-10-17(21)25-18(22)11-14)9-16(15)24-19(26-20)12-5-3-2-4-6-12/h2-11H,1H3,(H,23,24,26). The number of hydrogen-bond donors (Lipinski definition) is 1. The molecule has 0 aliphatic carbocycles. The molecule has 4 nitrogen and oxygen atoms in total. The van der Waals surface area contributed by atoms with Gasteiger partial charge >= 0.3 is 0 Å². The van der Waals surface area contributed by atoms with Gasteiger partial charge in [0.05, 0.1) is 5.52 Å². The smallest absolute Gasteiger partial charge is 0.216 e. The molecule has 0 saturated heterocycles. The molecule has 0 radical (unpaired) electrons. The zero-order valence-corrected chi connectivity index (χ0v) is 13.9. The highest BCUT2D eigenvalue weighted by Crippen LogP contribution is 2.29. The molecule has 2 aromatic carbocycles. The highest BCUT2D eigenvalue weighted by atomic mass is 19.1. The lowest BCUT2D eigenvalue weighted by Crippen LogP contribution is -1.99. The Bertz CT molecular complexity index is 1080. The highest BCUT2D eigenvalue weighted by Gasteiger charge is 2.11. The summed E-state index contributed by atoms with van der Waals surface area (Å²) in [5.74, 6) is -0.452. The van der Waals surface area contributed by atoms with Gasteiger partial charge in [0.15, 0.2) is 5.82 Å². The van der Waals surface area contributed by atoms with E-state index >= 15 is 0 Å². The van der Waals surface area contributed by atoms with Crippen LogP contribution in [0.1, 0.15) is 0 Å². The van der Waals surface area contributed by atoms with Crippen molar-refractivity contribution in [2.45, 2.75) is 0 Å². The van der Waals surface area contributed by atoms with Crippen molar-refractivity contribution in [2.24, 2.45) is 0 Å². The van der Waals surface area contributed by atoms with Crippen LogP contribution in [0.5, 0.6) is 0 Å². The average molecular weight is 348 g/mol. The Hall–Kier alpha value is -3.41. The molecule has 128 valence electrons. The van der Waals surface area contributed by atoms with E-state index in [9.17, 15) is 8.78 Å². The molecule has 0 unspecified atom stereocenters. The van der Waals surface area contributed by atoms with Crippen LogP contribution < -0.4 is 5.32 Å². The van der Waals surface area contributed by atoms with Gasteiger partial charge in [-0.05, 0) is 23.3 Å². The van der Waals surface area contributed by atoms with Crippen molar-refractivity contribution in [3.05, 3.63) is 72.6 Å². The Morgan fingerprint density at radius 1 is 0.731 bits per heavy atom. The van der Waals surface area contributed by atoms with Crippen LogP contribution in [0.2, 0.25) is 0 Å². The number of fused-ring (bicyclic) bond motifs is 1. The summed E-state index contributed by atoms with van der Waals surface area (Å²) >= 11 is 0. The Labute approximate surface area is 148 Å². The summed E-state index contributed by atoms with van der Waals surface area (Å²) in [6, 6.07) is 17.4. The van der Waals surface area contributed by atoms with Crippen LogP contribution in [-0.2, 0) is 0 Å². The van der Waals surface area contributed by atoms with Gasteiger partial charge in [-0.15, -0.1) is 0 Å². The third-order valence-corrected chi connectivity index (χ3v) is 4.06. The van der Waals surface area contributed by atoms with E-state index in [-0.39, 0.29) is 0 Å². The normalized spacial score (nSPS) is 10.9. The van der Waals surface area contributed by atoms with Gasteiger partial charge in [0.1, 0.15) is 5.82 Å². The molecule has 0 bridgehead atoms. The maximum Gasteiger partial charge on any atom is 0.216 e. The van der Waals surface area contributed by atoms with Crippen molar-refractivity contribution >= 4 is 16.7 Å². The largest absolute Gasteiger partial charge is 0.373 e. The second kappa shape index (κ2) is 6.48. The van der Waals surface area contributed by atoms with Crippen molar-refractivity contribution in [1.29, 1.82) is 0 Å². The van der Waals surface area contributed by atoms with Crippen molar-refractivity contribution in [1.82, 2.24) is 15.0 Å². The van der Waals surface area contributed by atoms with E-state index in [0.717, 1.165) is 10.9 Å². The van der Waals surface area contributed by atoms with Crippen LogP contribution in [0, 0.1) is 11.9 Å². The minimum Gasteiger partial charge on any atom is -0.373 e. The zero-order chi connectivity index (χ0) is 18.1. The average Bonchev–Trinajstić information content (AvgIpc) is 2.66. The molecule has 0 aliphatic heterocycles. The Morgan fingerprint density at radius 2 is 1.46 bits per heavy atom. The summed E-state index contributed by atoms with van der Waals surface area (Å²) in [6.07, 6.45) is 0. The molecule has 4 rings (SSSR count). The Kier molecular flexibility index (Phi) is 4.01. The predicted octanol–water partition coefficient (Wildman–Crippen LogP) is 4.68. The van der Waals surface area contributed by atoms with E-state index in [1.165, 1.54) is 12.1 Å². The molecule has 0 aliphatic rings. The lowest BCUT2D eigenvalue weighted by atomic mass is 10.0. The summed E-state index contributed by atoms with van der Waals surface area (Å²) in [5.41, 5.74) is 2.62. The first-order chi connectivity index (χ1) is 12.6. The van der Waals surface area contributed by atoms with Crippen LogP contribution in [-0.4, -0.2) is 22.0 Å². The second-order valence-electron chi connectivity index (χ2n) is 5.75. The second-order valence-corrected chi connectivity index (χ2v) is 5.75. The molecule has 2 heterocycles. The first-order valence-corrected chi connectivity index (χ1v) is 8.02. The predicted molar refractivity (Wildman–Crippen MR) is 97.7 cm³/mol. The van der Waals surface area contributed by atoms with Crippen LogP contribution >= 0.6 is 0 Å². The first-order valence-electron chi connectivity index (χ1n) is 8.02. The molecule has 2 aromatic heterocycles. The van der Waals surface area contributed by atoms with Gasteiger partial charge in [-0.3, -0.25) is 0 Å². The van der Waals surface area contributed by atoms with E-state index in [1.54, 1.807) is 19.2 Å². The topological polar surface area (TPSA) is 50.7 Å². The van der Waals surface area contributed by atoms with Gasteiger partial charge in [0.25, 0.3) is 0 Å².